The van der Waals surface area contributed by atoms with E-state index in [1.54, 1.807) is 18.4 Å². The van der Waals surface area contributed by atoms with E-state index < -0.39 is 0 Å². The highest BCUT2D eigenvalue weighted by molar-refractivity contribution is 14.0. The first-order valence-corrected chi connectivity index (χ1v) is 10.2. The topological polar surface area (TPSA) is 58.5 Å². The molecule has 1 aliphatic rings. The number of thiazole rings is 1. The second-order valence-electron chi connectivity index (χ2n) is 6.73. The van der Waals surface area contributed by atoms with Gasteiger partial charge in [0.15, 0.2) is 5.96 Å². The number of nitrogens with zero attached hydrogens (tertiary/aromatic N) is 2. The second kappa shape index (κ2) is 10.8. The molecule has 0 bridgehead atoms. The monoisotopic (exact) mass is 500 g/mol. The van der Waals surface area contributed by atoms with Gasteiger partial charge in [-0.1, -0.05) is 19.1 Å². The number of rotatable bonds is 8. The zero-order valence-electron chi connectivity index (χ0n) is 16.2. The molecule has 0 radical (unpaired) electrons. The first kappa shape index (κ1) is 21.9. The Labute approximate surface area is 183 Å². The van der Waals surface area contributed by atoms with Crippen molar-refractivity contribution in [3.8, 4) is 5.75 Å². The Kier molecular flexibility index (Phi) is 8.82. The summed E-state index contributed by atoms with van der Waals surface area (Å²) in [7, 11) is 1.79. The van der Waals surface area contributed by atoms with E-state index >= 15 is 0 Å². The molecule has 2 N–H and O–H groups in total. The third-order valence-corrected chi connectivity index (χ3v) is 5.44. The van der Waals surface area contributed by atoms with Crippen molar-refractivity contribution in [2.75, 3.05) is 13.7 Å². The SMILES string of the molecule is CCc1nc(CNC(=NC)NCc2ccc(C)cc2OCC2CC2)cs1.I. The van der Waals surface area contributed by atoms with Crippen LogP contribution in [0.25, 0.3) is 0 Å². The molecule has 1 heterocycles. The lowest BCUT2D eigenvalue weighted by atomic mass is 10.1. The lowest BCUT2D eigenvalue weighted by molar-refractivity contribution is 0.296. The highest BCUT2D eigenvalue weighted by Crippen LogP contribution is 2.30. The predicted molar refractivity (Wildman–Crippen MR) is 123 cm³/mol. The van der Waals surface area contributed by atoms with Crippen molar-refractivity contribution < 1.29 is 4.74 Å². The smallest absolute Gasteiger partial charge is 0.191 e. The van der Waals surface area contributed by atoms with Crippen LogP contribution < -0.4 is 15.4 Å². The molecule has 0 amide bonds. The van der Waals surface area contributed by atoms with Gasteiger partial charge in [0, 0.05) is 24.5 Å². The molecule has 1 aromatic heterocycles. The van der Waals surface area contributed by atoms with Crippen molar-refractivity contribution >= 4 is 41.3 Å². The van der Waals surface area contributed by atoms with Gasteiger partial charge in [0.2, 0.25) is 0 Å². The van der Waals surface area contributed by atoms with Gasteiger partial charge in [0.1, 0.15) is 5.75 Å². The number of aryl methyl sites for hydroxylation is 2. The van der Waals surface area contributed by atoms with Gasteiger partial charge in [-0.05, 0) is 43.7 Å². The predicted octanol–water partition coefficient (Wildman–Crippen LogP) is 4.29. The maximum Gasteiger partial charge on any atom is 0.191 e. The quantitative estimate of drug-likeness (QED) is 0.323. The van der Waals surface area contributed by atoms with Crippen molar-refractivity contribution in [1.29, 1.82) is 0 Å². The van der Waals surface area contributed by atoms with Crippen LogP contribution in [0.2, 0.25) is 0 Å². The maximum absolute atomic E-state index is 6.04. The number of ether oxygens (including phenoxy) is 1. The Hall–Kier alpha value is -1.35. The number of hydrogen-bond donors (Lipinski definition) is 2. The van der Waals surface area contributed by atoms with E-state index in [1.807, 2.05) is 0 Å². The number of nitrogens with one attached hydrogen (secondary N) is 2. The first-order valence-electron chi connectivity index (χ1n) is 9.28. The average Bonchev–Trinajstić information content (AvgIpc) is 3.37. The van der Waals surface area contributed by atoms with Gasteiger partial charge in [0.05, 0.1) is 23.9 Å². The Balaban J connectivity index is 0.00000261. The summed E-state index contributed by atoms with van der Waals surface area (Å²) in [5.74, 6) is 2.49. The van der Waals surface area contributed by atoms with Crippen molar-refractivity contribution in [3.05, 3.63) is 45.4 Å². The molecule has 2 aromatic rings. The number of halogens is 1. The Bertz CT molecular complexity index is 758. The number of hydrogen-bond acceptors (Lipinski definition) is 4. The van der Waals surface area contributed by atoms with Gasteiger partial charge < -0.3 is 15.4 Å². The lowest BCUT2D eigenvalue weighted by Crippen LogP contribution is -2.36. The van der Waals surface area contributed by atoms with Crippen molar-refractivity contribution in [1.82, 2.24) is 15.6 Å². The Morgan fingerprint density at radius 2 is 2.07 bits per heavy atom. The van der Waals surface area contributed by atoms with Crippen LogP contribution >= 0.6 is 35.3 Å². The fourth-order valence-electron chi connectivity index (χ4n) is 2.60. The van der Waals surface area contributed by atoms with Crippen LogP contribution in [0.1, 0.15) is 41.6 Å². The fourth-order valence-corrected chi connectivity index (χ4v) is 3.35. The van der Waals surface area contributed by atoms with Gasteiger partial charge in [-0.2, -0.15) is 0 Å². The summed E-state index contributed by atoms with van der Waals surface area (Å²) in [4.78, 5) is 8.88. The molecule has 0 spiro atoms. The van der Waals surface area contributed by atoms with E-state index in [-0.39, 0.29) is 24.0 Å². The van der Waals surface area contributed by atoms with E-state index in [1.165, 1.54) is 23.4 Å². The maximum atomic E-state index is 6.04. The van der Waals surface area contributed by atoms with Crippen LogP contribution in [0.3, 0.4) is 0 Å². The summed E-state index contributed by atoms with van der Waals surface area (Å²) in [5, 5.41) is 9.97. The number of aromatic nitrogens is 1. The van der Waals surface area contributed by atoms with Crippen molar-refractivity contribution in [2.24, 2.45) is 10.9 Å². The average molecular weight is 500 g/mol. The van der Waals surface area contributed by atoms with E-state index in [0.717, 1.165) is 41.9 Å². The van der Waals surface area contributed by atoms with Crippen LogP contribution in [0.15, 0.2) is 28.6 Å². The van der Waals surface area contributed by atoms with Gasteiger partial charge in [-0.25, -0.2) is 4.98 Å². The highest BCUT2D eigenvalue weighted by Gasteiger charge is 2.22. The zero-order chi connectivity index (χ0) is 18.4. The molecule has 0 saturated heterocycles. The number of benzene rings is 1. The van der Waals surface area contributed by atoms with Crippen molar-refractivity contribution in [3.63, 3.8) is 0 Å². The summed E-state index contributed by atoms with van der Waals surface area (Å²) < 4.78 is 6.04. The van der Waals surface area contributed by atoms with E-state index in [4.69, 9.17) is 4.74 Å². The second-order valence-corrected chi connectivity index (χ2v) is 7.67. The van der Waals surface area contributed by atoms with Crippen LogP contribution in [0.4, 0.5) is 0 Å². The van der Waals surface area contributed by atoms with Crippen LogP contribution in [-0.4, -0.2) is 24.6 Å². The zero-order valence-corrected chi connectivity index (χ0v) is 19.4. The van der Waals surface area contributed by atoms with Gasteiger partial charge >= 0.3 is 0 Å². The molecular weight excluding hydrogens is 471 g/mol. The molecule has 1 fully saturated rings. The van der Waals surface area contributed by atoms with Gasteiger partial charge in [0.25, 0.3) is 0 Å². The van der Waals surface area contributed by atoms with Crippen molar-refractivity contribution in [2.45, 2.75) is 46.2 Å². The first-order chi connectivity index (χ1) is 12.7. The molecular formula is C20H29IN4OS. The third-order valence-electron chi connectivity index (χ3n) is 4.40. The van der Waals surface area contributed by atoms with Crippen LogP contribution in [0.5, 0.6) is 5.75 Å². The summed E-state index contributed by atoms with van der Waals surface area (Å²) in [5.41, 5.74) is 3.43. The molecule has 0 aliphatic heterocycles. The minimum atomic E-state index is 0. The summed E-state index contributed by atoms with van der Waals surface area (Å²) in [6.07, 6.45) is 3.58. The van der Waals surface area contributed by atoms with E-state index in [9.17, 15) is 0 Å². The number of guanidine groups is 1. The van der Waals surface area contributed by atoms with Gasteiger partial charge in [-0.3, -0.25) is 4.99 Å². The van der Waals surface area contributed by atoms with E-state index in [2.05, 4.69) is 58.0 Å². The van der Waals surface area contributed by atoms with E-state index in [0.29, 0.717) is 13.1 Å². The molecule has 27 heavy (non-hydrogen) atoms. The molecule has 148 valence electrons. The normalized spacial score (nSPS) is 13.8. The highest BCUT2D eigenvalue weighted by atomic mass is 127. The minimum Gasteiger partial charge on any atom is -0.493 e. The molecule has 0 unspecified atom stereocenters. The molecule has 1 aromatic carbocycles. The molecule has 7 heteroatoms. The molecule has 3 rings (SSSR count). The Morgan fingerprint density at radius 3 is 2.74 bits per heavy atom. The minimum absolute atomic E-state index is 0. The fraction of sp³-hybridized carbons (Fsp3) is 0.500. The molecule has 1 saturated carbocycles. The standard InChI is InChI=1S/C20H28N4OS.HI/c1-4-19-24-17(13-26-19)11-23-20(21-3)22-10-16-8-5-14(2)9-18(16)25-12-15-6-7-15;/h5,8-9,13,15H,4,6-7,10-12H2,1-3H3,(H2,21,22,23);1H. The lowest BCUT2D eigenvalue weighted by Gasteiger charge is -2.15. The molecule has 5 nitrogen and oxygen atoms in total. The third kappa shape index (κ3) is 6.95. The number of aliphatic imine (C=N–C) groups is 1. The largest absolute Gasteiger partial charge is 0.493 e. The van der Waals surface area contributed by atoms with Gasteiger partial charge in [-0.15, -0.1) is 35.3 Å². The molecule has 0 atom stereocenters. The van der Waals surface area contributed by atoms with Crippen LogP contribution in [-0.2, 0) is 19.5 Å². The summed E-state index contributed by atoms with van der Waals surface area (Å²) in [6.45, 7) is 6.40. The molecule has 1 aliphatic carbocycles. The summed E-state index contributed by atoms with van der Waals surface area (Å²) in [6, 6.07) is 6.38. The summed E-state index contributed by atoms with van der Waals surface area (Å²) >= 11 is 1.71. The van der Waals surface area contributed by atoms with Crippen LogP contribution in [0, 0.1) is 12.8 Å². The Morgan fingerprint density at radius 1 is 1.30 bits per heavy atom.